The summed E-state index contributed by atoms with van der Waals surface area (Å²) in [6.45, 7) is 12.3. The largest absolute Gasteiger partial charge is 0.380 e. The van der Waals surface area contributed by atoms with Crippen molar-refractivity contribution in [2.45, 2.75) is 53.2 Å². The van der Waals surface area contributed by atoms with Crippen LogP contribution in [0.2, 0.25) is 0 Å². The first kappa shape index (κ1) is 15.3. The Bertz CT molecular complexity index is 320. The zero-order valence-electron chi connectivity index (χ0n) is 12.3. The third-order valence-electron chi connectivity index (χ3n) is 3.24. The van der Waals surface area contributed by atoms with Crippen molar-refractivity contribution in [1.82, 2.24) is 9.88 Å². The number of aryl methyl sites for hydroxylation is 1. The summed E-state index contributed by atoms with van der Waals surface area (Å²) in [5.41, 5.74) is 1.36. The molecule has 3 heteroatoms. The Morgan fingerprint density at radius 1 is 1.33 bits per heavy atom. The van der Waals surface area contributed by atoms with Gasteiger partial charge in [-0.15, -0.1) is 0 Å². The number of nitrogens with one attached hydrogen (secondary N) is 1. The van der Waals surface area contributed by atoms with Gasteiger partial charge in [-0.25, -0.2) is 0 Å². The highest BCUT2D eigenvalue weighted by Gasteiger charge is 2.13. The molecule has 0 fully saturated rings. The maximum Gasteiger partial charge on any atom is 0.0622 e. The van der Waals surface area contributed by atoms with Crippen molar-refractivity contribution in [2.24, 2.45) is 5.92 Å². The molecular formula is C15H28N2O. The van der Waals surface area contributed by atoms with Gasteiger partial charge in [0.25, 0.3) is 0 Å². The Morgan fingerprint density at radius 2 is 2.11 bits per heavy atom. The molecule has 0 aliphatic heterocycles. The van der Waals surface area contributed by atoms with Gasteiger partial charge in [0.05, 0.1) is 6.61 Å². The van der Waals surface area contributed by atoms with E-state index in [1.54, 1.807) is 0 Å². The number of aromatic nitrogens is 1. The summed E-state index contributed by atoms with van der Waals surface area (Å²) < 4.78 is 7.86. The molecule has 1 aromatic rings. The maximum absolute atomic E-state index is 5.54. The highest BCUT2D eigenvalue weighted by Crippen LogP contribution is 2.07. The molecule has 104 valence electrons. The maximum atomic E-state index is 5.54. The van der Waals surface area contributed by atoms with E-state index in [0.717, 1.165) is 26.3 Å². The number of ether oxygens (including phenoxy) is 1. The van der Waals surface area contributed by atoms with Gasteiger partial charge in [0.15, 0.2) is 0 Å². The molecule has 0 saturated heterocycles. The van der Waals surface area contributed by atoms with E-state index >= 15 is 0 Å². The van der Waals surface area contributed by atoms with Crippen molar-refractivity contribution < 1.29 is 4.74 Å². The molecule has 0 aliphatic carbocycles. The Labute approximate surface area is 112 Å². The third kappa shape index (κ3) is 4.83. The van der Waals surface area contributed by atoms with E-state index in [1.165, 1.54) is 12.1 Å². The second kappa shape index (κ2) is 8.33. The predicted molar refractivity (Wildman–Crippen MR) is 76.7 cm³/mol. The fourth-order valence-electron chi connectivity index (χ4n) is 2.04. The van der Waals surface area contributed by atoms with Gasteiger partial charge in [0.2, 0.25) is 0 Å². The van der Waals surface area contributed by atoms with Gasteiger partial charge >= 0.3 is 0 Å². The van der Waals surface area contributed by atoms with Crippen molar-refractivity contribution in [3.8, 4) is 0 Å². The van der Waals surface area contributed by atoms with Crippen LogP contribution in [-0.2, 0) is 17.8 Å². The van der Waals surface area contributed by atoms with E-state index in [0.29, 0.717) is 12.0 Å². The fourth-order valence-corrected chi connectivity index (χ4v) is 2.04. The second-order valence-electron chi connectivity index (χ2n) is 5.08. The van der Waals surface area contributed by atoms with E-state index in [2.05, 4.69) is 49.0 Å². The van der Waals surface area contributed by atoms with Gasteiger partial charge in [0.1, 0.15) is 0 Å². The smallest absolute Gasteiger partial charge is 0.0622 e. The van der Waals surface area contributed by atoms with Gasteiger partial charge in [-0.3, -0.25) is 0 Å². The molecule has 1 atom stereocenters. The number of rotatable bonds is 9. The van der Waals surface area contributed by atoms with E-state index < -0.39 is 0 Å². The molecule has 1 unspecified atom stereocenters. The van der Waals surface area contributed by atoms with Gasteiger partial charge in [0, 0.05) is 37.6 Å². The lowest BCUT2D eigenvalue weighted by Crippen LogP contribution is -2.38. The molecular weight excluding hydrogens is 224 g/mol. The van der Waals surface area contributed by atoms with E-state index in [1.807, 2.05) is 6.92 Å². The minimum atomic E-state index is 0.426. The molecule has 1 aromatic heterocycles. The van der Waals surface area contributed by atoms with Gasteiger partial charge in [-0.2, -0.15) is 0 Å². The van der Waals surface area contributed by atoms with Crippen LogP contribution in [0.4, 0.5) is 0 Å². The molecule has 0 aliphatic rings. The van der Waals surface area contributed by atoms with Crippen LogP contribution in [0.5, 0.6) is 0 Å². The van der Waals surface area contributed by atoms with Crippen LogP contribution in [0.15, 0.2) is 18.3 Å². The second-order valence-corrected chi connectivity index (χ2v) is 5.08. The number of nitrogens with zero attached hydrogens (tertiary/aromatic N) is 1. The first-order chi connectivity index (χ1) is 8.69. The van der Waals surface area contributed by atoms with Crippen LogP contribution in [0, 0.1) is 5.92 Å². The van der Waals surface area contributed by atoms with Crippen LogP contribution in [0.25, 0.3) is 0 Å². The highest BCUT2D eigenvalue weighted by atomic mass is 16.5. The van der Waals surface area contributed by atoms with Crippen LogP contribution < -0.4 is 5.32 Å². The van der Waals surface area contributed by atoms with E-state index in [-0.39, 0.29) is 0 Å². The molecule has 0 radical (unpaired) electrons. The summed E-state index contributed by atoms with van der Waals surface area (Å²) in [6, 6.07) is 4.75. The normalized spacial score (nSPS) is 13.2. The van der Waals surface area contributed by atoms with Crippen molar-refractivity contribution >= 4 is 0 Å². The minimum absolute atomic E-state index is 0.426. The lowest BCUT2D eigenvalue weighted by Gasteiger charge is -2.22. The molecule has 1 N–H and O–H groups in total. The summed E-state index contributed by atoms with van der Waals surface area (Å²) in [6.07, 6.45) is 3.33. The minimum Gasteiger partial charge on any atom is -0.380 e. The molecule has 0 spiro atoms. The fraction of sp³-hybridized carbons (Fsp3) is 0.733. The Morgan fingerprint density at radius 3 is 2.72 bits per heavy atom. The van der Waals surface area contributed by atoms with Crippen molar-refractivity contribution in [3.05, 3.63) is 24.0 Å². The molecule has 0 saturated carbocycles. The first-order valence-corrected chi connectivity index (χ1v) is 7.14. The van der Waals surface area contributed by atoms with Crippen molar-refractivity contribution in [3.63, 3.8) is 0 Å². The Kier molecular flexibility index (Phi) is 7.06. The molecule has 3 nitrogen and oxygen atoms in total. The van der Waals surface area contributed by atoms with E-state index in [4.69, 9.17) is 4.74 Å². The van der Waals surface area contributed by atoms with Gasteiger partial charge in [-0.1, -0.05) is 20.8 Å². The Balaban J connectivity index is 2.47. The summed E-state index contributed by atoms with van der Waals surface area (Å²) in [5.74, 6) is 0.589. The van der Waals surface area contributed by atoms with E-state index in [9.17, 15) is 0 Å². The SMILES string of the molecule is CCCn1cccc1CNC(COCC)C(C)C. The van der Waals surface area contributed by atoms with Crippen molar-refractivity contribution in [1.29, 1.82) is 0 Å². The van der Waals surface area contributed by atoms with Crippen LogP contribution in [0.3, 0.4) is 0 Å². The molecule has 1 rings (SSSR count). The van der Waals surface area contributed by atoms with Crippen LogP contribution >= 0.6 is 0 Å². The average molecular weight is 252 g/mol. The number of hydrogen-bond acceptors (Lipinski definition) is 2. The molecule has 0 bridgehead atoms. The van der Waals surface area contributed by atoms with Gasteiger partial charge in [-0.05, 0) is 31.4 Å². The standard InChI is InChI=1S/C15H28N2O/c1-5-9-17-10-7-8-14(17)11-16-15(13(3)4)12-18-6-2/h7-8,10,13,15-16H,5-6,9,11-12H2,1-4H3. The highest BCUT2D eigenvalue weighted by molar-refractivity contribution is 5.07. The monoisotopic (exact) mass is 252 g/mol. The quantitative estimate of drug-likeness (QED) is 0.731. The first-order valence-electron chi connectivity index (χ1n) is 7.14. The molecule has 0 amide bonds. The molecule has 18 heavy (non-hydrogen) atoms. The summed E-state index contributed by atoms with van der Waals surface area (Å²) in [7, 11) is 0. The summed E-state index contributed by atoms with van der Waals surface area (Å²) >= 11 is 0. The predicted octanol–water partition coefficient (Wildman–Crippen LogP) is 3.05. The zero-order chi connectivity index (χ0) is 13.4. The lowest BCUT2D eigenvalue weighted by atomic mass is 10.1. The summed E-state index contributed by atoms with van der Waals surface area (Å²) in [5, 5.41) is 3.61. The zero-order valence-corrected chi connectivity index (χ0v) is 12.3. The molecule has 0 aromatic carbocycles. The van der Waals surface area contributed by atoms with Crippen molar-refractivity contribution in [2.75, 3.05) is 13.2 Å². The van der Waals surface area contributed by atoms with Crippen LogP contribution in [-0.4, -0.2) is 23.8 Å². The van der Waals surface area contributed by atoms with Gasteiger partial charge < -0.3 is 14.6 Å². The topological polar surface area (TPSA) is 26.2 Å². The Hall–Kier alpha value is -0.800. The summed E-state index contributed by atoms with van der Waals surface area (Å²) in [4.78, 5) is 0. The molecule has 1 heterocycles. The third-order valence-corrected chi connectivity index (χ3v) is 3.24. The average Bonchev–Trinajstić information content (AvgIpc) is 2.77. The number of hydrogen-bond donors (Lipinski definition) is 1. The lowest BCUT2D eigenvalue weighted by molar-refractivity contribution is 0.107. The van der Waals surface area contributed by atoms with Crippen LogP contribution in [0.1, 0.15) is 39.8 Å².